The molecule has 0 radical (unpaired) electrons. The Morgan fingerprint density at radius 3 is 2.71 bits per heavy atom. The van der Waals surface area contributed by atoms with Gasteiger partial charge in [0.05, 0.1) is 26.4 Å². The molecule has 1 aliphatic heterocycles. The van der Waals surface area contributed by atoms with Crippen LogP contribution in [0.4, 0.5) is 0 Å². The van der Waals surface area contributed by atoms with Crippen molar-refractivity contribution in [3.63, 3.8) is 0 Å². The van der Waals surface area contributed by atoms with Gasteiger partial charge in [-0.3, -0.25) is 4.79 Å². The minimum Gasteiger partial charge on any atom is -0.493 e. The van der Waals surface area contributed by atoms with Gasteiger partial charge in [0.1, 0.15) is 0 Å². The van der Waals surface area contributed by atoms with Gasteiger partial charge < -0.3 is 24.2 Å². The smallest absolute Gasteiger partial charge is 0.260 e. The highest BCUT2D eigenvalue weighted by atomic mass is 16.5. The zero-order valence-corrected chi connectivity index (χ0v) is 12.4. The lowest BCUT2D eigenvalue weighted by molar-refractivity contribution is -0.137. The van der Waals surface area contributed by atoms with E-state index < -0.39 is 6.10 Å². The molecule has 0 aromatic heterocycles. The summed E-state index contributed by atoms with van der Waals surface area (Å²) < 4.78 is 16.0. The molecule has 1 amide bonds. The highest BCUT2D eigenvalue weighted by Gasteiger charge is 2.18. The van der Waals surface area contributed by atoms with Crippen molar-refractivity contribution in [2.24, 2.45) is 0 Å². The van der Waals surface area contributed by atoms with Crippen molar-refractivity contribution in [3.8, 4) is 11.5 Å². The molecule has 1 heterocycles. The van der Waals surface area contributed by atoms with E-state index in [4.69, 9.17) is 14.2 Å². The van der Waals surface area contributed by atoms with Gasteiger partial charge in [-0.2, -0.15) is 0 Å². The Labute approximate surface area is 124 Å². The van der Waals surface area contributed by atoms with Crippen LogP contribution in [0.1, 0.15) is 18.6 Å². The van der Waals surface area contributed by atoms with Crippen LogP contribution in [0.3, 0.4) is 0 Å². The molecule has 1 N–H and O–H groups in total. The van der Waals surface area contributed by atoms with E-state index in [1.54, 1.807) is 30.0 Å². The summed E-state index contributed by atoms with van der Waals surface area (Å²) in [4.78, 5) is 13.7. The van der Waals surface area contributed by atoms with Gasteiger partial charge in [0.2, 0.25) is 0 Å². The number of ether oxygens (including phenoxy) is 3. The van der Waals surface area contributed by atoms with Crippen molar-refractivity contribution in [2.45, 2.75) is 13.0 Å². The van der Waals surface area contributed by atoms with E-state index in [1.165, 1.54) is 7.11 Å². The Morgan fingerprint density at radius 1 is 1.38 bits per heavy atom. The molecule has 0 aliphatic carbocycles. The van der Waals surface area contributed by atoms with Gasteiger partial charge in [-0.05, 0) is 24.6 Å². The van der Waals surface area contributed by atoms with E-state index in [1.807, 2.05) is 0 Å². The zero-order valence-electron chi connectivity index (χ0n) is 12.4. The fourth-order valence-corrected chi connectivity index (χ4v) is 2.11. The summed E-state index contributed by atoms with van der Waals surface area (Å²) in [6.07, 6.45) is -0.581. The molecule has 1 aliphatic rings. The van der Waals surface area contributed by atoms with Gasteiger partial charge in [-0.25, -0.2) is 0 Å². The summed E-state index contributed by atoms with van der Waals surface area (Å²) in [6.45, 7) is 3.97. The van der Waals surface area contributed by atoms with E-state index in [0.717, 1.165) is 5.56 Å². The van der Waals surface area contributed by atoms with E-state index in [2.05, 4.69) is 0 Å². The number of carbonyl (C=O) groups is 1. The number of nitrogens with zero attached hydrogens (tertiary/aromatic N) is 1. The summed E-state index contributed by atoms with van der Waals surface area (Å²) in [6, 6.07) is 5.16. The Morgan fingerprint density at radius 2 is 2.10 bits per heavy atom. The number of aliphatic hydroxyl groups excluding tert-OH is 1. The zero-order chi connectivity index (χ0) is 15.2. The van der Waals surface area contributed by atoms with Crippen molar-refractivity contribution >= 4 is 5.91 Å². The molecule has 0 unspecified atom stereocenters. The van der Waals surface area contributed by atoms with Crippen LogP contribution in [0, 0.1) is 0 Å². The normalized spacial score (nSPS) is 16.4. The van der Waals surface area contributed by atoms with Gasteiger partial charge >= 0.3 is 0 Å². The van der Waals surface area contributed by atoms with E-state index in [-0.39, 0.29) is 12.5 Å². The summed E-state index contributed by atoms with van der Waals surface area (Å²) in [5.41, 5.74) is 0.735. The van der Waals surface area contributed by atoms with E-state index in [0.29, 0.717) is 37.8 Å². The molecule has 1 aromatic carbocycles. The average molecular weight is 295 g/mol. The second-order valence-corrected chi connectivity index (χ2v) is 4.87. The van der Waals surface area contributed by atoms with Crippen LogP contribution in [0.15, 0.2) is 18.2 Å². The highest BCUT2D eigenvalue weighted by molar-refractivity contribution is 5.78. The van der Waals surface area contributed by atoms with Crippen molar-refractivity contribution in [1.82, 2.24) is 4.90 Å². The van der Waals surface area contributed by atoms with Crippen molar-refractivity contribution in [3.05, 3.63) is 23.8 Å². The third-order valence-corrected chi connectivity index (χ3v) is 3.39. The van der Waals surface area contributed by atoms with Crippen LogP contribution in [0.2, 0.25) is 0 Å². The SMILES string of the molecule is COc1cc([C@@H](C)O)ccc1OCC(=O)N1CCOCC1. The molecule has 21 heavy (non-hydrogen) atoms. The summed E-state index contributed by atoms with van der Waals surface area (Å²) in [7, 11) is 1.53. The largest absolute Gasteiger partial charge is 0.493 e. The number of rotatable bonds is 5. The van der Waals surface area contributed by atoms with Crippen LogP contribution in [0.5, 0.6) is 11.5 Å². The first kappa shape index (κ1) is 15.6. The van der Waals surface area contributed by atoms with Gasteiger partial charge in [0, 0.05) is 13.1 Å². The Bertz CT molecular complexity index is 483. The number of aliphatic hydroxyl groups is 1. The number of benzene rings is 1. The predicted molar refractivity (Wildman–Crippen MR) is 76.5 cm³/mol. The van der Waals surface area contributed by atoms with E-state index in [9.17, 15) is 9.90 Å². The molecule has 0 spiro atoms. The molecule has 2 rings (SSSR count). The maximum atomic E-state index is 12.0. The minimum atomic E-state index is -0.581. The fourth-order valence-electron chi connectivity index (χ4n) is 2.11. The quantitative estimate of drug-likeness (QED) is 0.877. The number of methoxy groups -OCH3 is 1. The molecule has 0 bridgehead atoms. The predicted octanol–water partition coefficient (Wildman–Crippen LogP) is 0.986. The lowest BCUT2D eigenvalue weighted by atomic mass is 10.1. The number of hydrogen-bond acceptors (Lipinski definition) is 5. The van der Waals surface area contributed by atoms with E-state index >= 15 is 0 Å². The Balaban J connectivity index is 1.97. The van der Waals surface area contributed by atoms with Gasteiger partial charge in [0.25, 0.3) is 5.91 Å². The lowest BCUT2D eigenvalue weighted by Gasteiger charge is -2.26. The topological polar surface area (TPSA) is 68.2 Å². The second kappa shape index (κ2) is 7.28. The third-order valence-electron chi connectivity index (χ3n) is 3.39. The molecule has 116 valence electrons. The fraction of sp³-hybridized carbons (Fsp3) is 0.533. The van der Waals surface area contributed by atoms with Gasteiger partial charge in [0.15, 0.2) is 18.1 Å². The average Bonchev–Trinajstić information content (AvgIpc) is 2.53. The van der Waals surface area contributed by atoms with Crippen molar-refractivity contribution in [1.29, 1.82) is 0 Å². The second-order valence-electron chi connectivity index (χ2n) is 4.87. The molecule has 1 fully saturated rings. The van der Waals surface area contributed by atoms with Crippen LogP contribution in [-0.2, 0) is 9.53 Å². The molecule has 0 saturated carbocycles. The summed E-state index contributed by atoms with van der Waals surface area (Å²) in [5.74, 6) is 0.923. The first-order valence-corrected chi connectivity index (χ1v) is 6.96. The van der Waals surface area contributed by atoms with Crippen LogP contribution < -0.4 is 9.47 Å². The first-order valence-electron chi connectivity index (χ1n) is 6.96. The number of amides is 1. The first-order chi connectivity index (χ1) is 10.1. The van der Waals surface area contributed by atoms with Gasteiger partial charge in [-0.15, -0.1) is 0 Å². The number of carbonyl (C=O) groups excluding carboxylic acids is 1. The minimum absolute atomic E-state index is 0.0373. The molecular weight excluding hydrogens is 274 g/mol. The lowest BCUT2D eigenvalue weighted by Crippen LogP contribution is -2.43. The highest BCUT2D eigenvalue weighted by Crippen LogP contribution is 2.30. The van der Waals surface area contributed by atoms with Crippen LogP contribution in [0.25, 0.3) is 0 Å². The Kier molecular flexibility index (Phi) is 5.41. The van der Waals surface area contributed by atoms with Crippen LogP contribution in [-0.4, -0.2) is 55.9 Å². The molecule has 6 heteroatoms. The maximum Gasteiger partial charge on any atom is 0.260 e. The number of hydrogen-bond donors (Lipinski definition) is 1. The summed E-state index contributed by atoms with van der Waals surface area (Å²) in [5, 5.41) is 9.55. The molecule has 1 atom stereocenters. The van der Waals surface area contributed by atoms with Crippen LogP contribution >= 0.6 is 0 Å². The molecule has 1 saturated heterocycles. The van der Waals surface area contributed by atoms with Crippen molar-refractivity contribution in [2.75, 3.05) is 40.0 Å². The Hall–Kier alpha value is -1.79. The maximum absolute atomic E-state index is 12.0. The summed E-state index contributed by atoms with van der Waals surface area (Å²) >= 11 is 0. The molecular formula is C15H21NO5. The monoisotopic (exact) mass is 295 g/mol. The molecule has 1 aromatic rings. The van der Waals surface area contributed by atoms with Gasteiger partial charge in [-0.1, -0.05) is 6.07 Å². The van der Waals surface area contributed by atoms with Crippen molar-refractivity contribution < 1.29 is 24.1 Å². The third kappa shape index (κ3) is 4.09. The standard InChI is InChI=1S/C15H21NO5/c1-11(17)12-3-4-13(14(9-12)19-2)21-10-15(18)16-5-7-20-8-6-16/h3-4,9,11,17H,5-8,10H2,1-2H3/t11-/m1/s1. The molecule has 6 nitrogen and oxygen atoms in total. The number of morpholine rings is 1.